The number of pyridine rings is 1. The summed E-state index contributed by atoms with van der Waals surface area (Å²) in [6, 6.07) is 8.52. The van der Waals surface area contributed by atoms with Gasteiger partial charge in [0, 0.05) is 18.9 Å². The lowest BCUT2D eigenvalue weighted by atomic mass is 10.0. The van der Waals surface area contributed by atoms with E-state index in [1.54, 1.807) is 29.4 Å². The molecule has 1 aliphatic rings. The SMILES string of the molecule is Cc1ccc(F)c(C(=O)N2CCCC2c2ccncc2)c1. The van der Waals surface area contributed by atoms with Gasteiger partial charge < -0.3 is 4.90 Å². The Labute approximate surface area is 123 Å². The van der Waals surface area contributed by atoms with Crippen molar-refractivity contribution in [3.8, 4) is 0 Å². The Morgan fingerprint density at radius 3 is 2.81 bits per heavy atom. The number of benzene rings is 1. The van der Waals surface area contributed by atoms with Gasteiger partial charge in [0.25, 0.3) is 5.91 Å². The predicted molar refractivity (Wildman–Crippen MR) is 78.4 cm³/mol. The number of aryl methyl sites for hydroxylation is 1. The molecule has 0 spiro atoms. The van der Waals surface area contributed by atoms with Crippen LogP contribution in [0.4, 0.5) is 4.39 Å². The average Bonchev–Trinajstić information content (AvgIpc) is 2.99. The molecule has 3 nitrogen and oxygen atoms in total. The Morgan fingerprint density at radius 1 is 1.29 bits per heavy atom. The first-order chi connectivity index (χ1) is 10.2. The van der Waals surface area contributed by atoms with Crippen LogP contribution in [-0.4, -0.2) is 22.3 Å². The summed E-state index contributed by atoms with van der Waals surface area (Å²) in [6.45, 7) is 2.53. The number of hydrogen-bond donors (Lipinski definition) is 0. The zero-order chi connectivity index (χ0) is 14.8. The van der Waals surface area contributed by atoms with Gasteiger partial charge in [-0.15, -0.1) is 0 Å². The first-order valence-electron chi connectivity index (χ1n) is 7.14. The molecule has 1 aromatic carbocycles. The molecule has 2 heterocycles. The predicted octanol–water partition coefficient (Wildman–Crippen LogP) is 3.51. The highest BCUT2D eigenvalue weighted by Gasteiger charge is 2.31. The van der Waals surface area contributed by atoms with Crippen LogP contribution in [0.15, 0.2) is 42.7 Å². The van der Waals surface area contributed by atoms with Gasteiger partial charge in [-0.05, 0) is 49.6 Å². The Morgan fingerprint density at radius 2 is 2.05 bits per heavy atom. The number of nitrogens with zero attached hydrogens (tertiary/aromatic N) is 2. The average molecular weight is 284 g/mol. The van der Waals surface area contributed by atoms with Gasteiger partial charge in [0.15, 0.2) is 0 Å². The van der Waals surface area contributed by atoms with Crippen LogP contribution in [0, 0.1) is 12.7 Å². The third-order valence-electron chi connectivity index (χ3n) is 3.96. The van der Waals surface area contributed by atoms with Crippen molar-refractivity contribution < 1.29 is 9.18 Å². The van der Waals surface area contributed by atoms with Crippen molar-refractivity contribution in [1.29, 1.82) is 0 Å². The zero-order valence-electron chi connectivity index (χ0n) is 11.9. The molecule has 1 atom stereocenters. The van der Waals surface area contributed by atoms with Crippen LogP contribution in [0.5, 0.6) is 0 Å². The van der Waals surface area contributed by atoms with E-state index in [1.165, 1.54) is 6.07 Å². The normalized spacial score (nSPS) is 18.0. The standard InChI is InChI=1S/C17H17FN2O/c1-12-4-5-15(18)14(11-12)17(21)20-10-2-3-16(20)13-6-8-19-9-7-13/h4-9,11,16H,2-3,10H2,1H3. The first kappa shape index (κ1) is 13.7. The summed E-state index contributed by atoms with van der Waals surface area (Å²) < 4.78 is 13.9. The lowest BCUT2D eigenvalue weighted by molar-refractivity contribution is 0.0730. The van der Waals surface area contributed by atoms with Crippen molar-refractivity contribution >= 4 is 5.91 Å². The molecule has 1 aromatic heterocycles. The Hall–Kier alpha value is -2.23. The van der Waals surface area contributed by atoms with Gasteiger partial charge >= 0.3 is 0 Å². The molecule has 0 aliphatic carbocycles. The molecule has 2 aromatic rings. The van der Waals surface area contributed by atoms with Crippen LogP contribution in [0.3, 0.4) is 0 Å². The summed E-state index contributed by atoms with van der Waals surface area (Å²) in [6.07, 6.45) is 5.29. The van der Waals surface area contributed by atoms with Gasteiger partial charge in [-0.1, -0.05) is 11.6 Å². The van der Waals surface area contributed by atoms with E-state index in [0.29, 0.717) is 6.54 Å². The summed E-state index contributed by atoms with van der Waals surface area (Å²) >= 11 is 0. The molecule has 1 aliphatic heterocycles. The van der Waals surface area contributed by atoms with E-state index in [2.05, 4.69) is 4.98 Å². The Kier molecular flexibility index (Phi) is 3.69. The van der Waals surface area contributed by atoms with E-state index in [1.807, 2.05) is 19.1 Å². The minimum atomic E-state index is -0.453. The highest BCUT2D eigenvalue weighted by Crippen LogP contribution is 2.33. The molecule has 21 heavy (non-hydrogen) atoms. The van der Waals surface area contributed by atoms with Gasteiger partial charge in [0.1, 0.15) is 5.82 Å². The number of hydrogen-bond acceptors (Lipinski definition) is 2. The van der Waals surface area contributed by atoms with Gasteiger partial charge in [-0.25, -0.2) is 4.39 Å². The lowest BCUT2D eigenvalue weighted by Gasteiger charge is -2.25. The number of halogens is 1. The van der Waals surface area contributed by atoms with E-state index in [9.17, 15) is 9.18 Å². The molecule has 3 rings (SSSR count). The topological polar surface area (TPSA) is 33.2 Å². The molecule has 0 bridgehead atoms. The number of amides is 1. The lowest BCUT2D eigenvalue weighted by Crippen LogP contribution is -2.31. The van der Waals surface area contributed by atoms with Crippen molar-refractivity contribution in [3.05, 3.63) is 65.2 Å². The van der Waals surface area contributed by atoms with E-state index in [-0.39, 0.29) is 17.5 Å². The maximum absolute atomic E-state index is 13.9. The fraction of sp³-hybridized carbons (Fsp3) is 0.294. The molecule has 0 N–H and O–H groups in total. The molecule has 108 valence electrons. The van der Waals surface area contributed by atoms with Gasteiger partial charge in [0.2, 0.25) is 0 Å². The van der Waals surface area contributed by atoms with Gasteiger partial charge in [0.05, 0.1) is 11.6 Å². The molecule has 1 amide bonds. The molecule has 1 unspecified atom stereocenters. The monoisotopic (exact) mass is 284 g/mol. The molecule has 0 radical (unpaired) electrons. The third kappa shape index (κ3) is 2.66. The van der Waals surface area contributed by atoms with Crippen LogP contribution in [0.25, 0.3) is 0 Å². The van der Waals surface area contributed by atoms with Crippen molar-refractivity contribution in [1.82, 2.24) is 9.88 Å². The van der Waals surface area contributed by atoms with E-state index in [4.69, 9.17) is 0 Å². The van der Waals surface area contributed by atoms with Crippen molar-refractivity contribution in [3.63, 3.8) is 0 Å². The van der Waals surface area contributed by atoms with Gasteiger partial charge in [-0.2, -0.15) is 0 Å². The molecule has 0 saturated carbocycles. The molecule has 1 saturated heterocycles. The van der Waals surface area contributed by atoms with Crippen molar-refractivity contribution in [2.24, 2.45) is 0 Å². The fourth-order valence-corrected chi connectivity index (χ4v) is 2.90. The van der Waals surface area contributed by atoms with E-state index in [0.717, 1.165) is 24.0 Å². The maximum atomic E-state index is 13.9. The van der Waals surface area contributed by atoms with Crippen molar-refractivity contribution in [2.75, 3.05) is 6.54 Å². The smallest absolute Gasteiger partial charge is 0.257 e. The van der Waals surface area contributed by atoms with E-state index < -0.39 is 5.82 Å². The highest BCUT2D eigenvalue weighted by molar-refractivity contribution is 5.95. The fourth-order valence-electron chi connectivity index (χ4n) is 2.90. The van der Waals surface area contributed by atoms with E-state index >= 15 is 0 Å². The third-order valence-corrected chi connectivity index (χ3v) is 3.96. The van der Waals surface area contributed by atoms with Crippen LogP contribution in [-0.2, 0) is 0 Å². The number of carbonyl (C=O) groups is 1. The largest absolute Gasteiger partial charge is 0.332 e. The second kappa shape index (κ2) is 5.64. The summed E-state index contributed by atoms with van der Waals surface area (Å²) in [7, 11) is 0. The molecular formula is C17H17FN2O. The first-order valence-corrected chi connectivity index (χ1v) is 7.14. The maximum Gasteiger partial charge on any atom is 0.257 e. The van der Waals surface area contributed by atoms with Crippen LogP contribution in [0.1, 0.15) is 40.4 Å². The quantitative estimate of drug-likeness (QED) is 0.845. The number of aromatic nitrogens is 1. The molecular weight excluding hydrogens is 267 g/mol. The summed E-state index contributed by atoms with van der Waals surface area (Å²) in [5, 5.41) is 0. The molecule has 1 fully saturated rings. The number of carbonyl (C=O) groups excluding carboxylic acids is 1. The Bertz CT molecular complexity index is 657. The minimum Gasteiger partial charge on any atom is -0.332 e. The Balaban J connectivity index is 1.92. The van der Waals surface area contributed by atoms with Crippen molar-refractivity contribution in [2.45, 2.75) is 25.8 Å². The second-order valence-electron chi connectivity index (χ2n) is 5.42. The number of likely N-dealkylation sites (tertiary alicyclic amines) is 1. The van der Waals surface area contributed by atoms with Crippen LogP contribution in [0.2, 0.25) is 0 Å². The highest BCUT2D eigenvalue weighted by atomic mass is 19.1. The number of rotatable bonds is 2. The van der Waals surface area contributed by atoms with Gasteiger partial charge in [-0.3, -0.25) is 9.78 Å². The second-order valence-corrected chi connectivity index (χ2v) is 5.42. The molecule has 4 heteroatoms. The summed E-state index contributed by atoms with van der Waals surface area (Å²) in [4.78, 5) is 18.5. The summed E-state index contributed by atoms with van der Waals surface area (Å²) in [5.74, 6) is -0.679. The minimum absolute atomic E-state index is 0.0143. The zero-order valence-corrected chi connectivity index (χ0v) is 11.9. The summed E-state index contributed by atoms with van der Waals surface area (Å²) in [5.41, 5.74) is 2.11. The van der Waals surface area contributed by atoms with Crippen LogP contribution < -0.4 is 0 Å². The van der Waals surface area contributed by atoms with Crippen LogP contribution >= 0.6 is 0 Å².